The van der Waals surface area contributed by atoms with Crippen LogP contribution in [0.15, 0.2) is 12.1 Å². The van der Waals surface area contributed by atoms with Gasteiger partial charge in [0.25, 0.3) is 5.91 Å². The highest BCUT2D eigenvalue weighted by atomic mass is 16.5. The van der Waals surface area contributed by atoms with Crippen molar-refractivity contribution in [2.75, 3.05) is 53.0 Å². The Morgan fingerprint density at radius 3 is 2.52 bits per heavy atom. The zero-order valence-electron chi connectivity index (χ0n) is 17.4. The molecule has 0 radical (unpaired) electrons. The molecule has 6 nitrogen and oxygen atoms in total. The average Bonchev–Trinajstić information content (AvgIpc) is 2.62. The summed E-state index contributed by atoms with van der Waals surface area (Å²) in [5.74, 6) is 1.000. The second-order valence-electron chi connectivity index (χ2n) is 8.04. The Hall–Kier alpha value is -1.63. The molecular formula is C21H37N3O3+2. The number of rotatable bonds is 9. The Labute approximate surface area is 163 Å². The lowest BCUT2D eigenvalue weighted by molar-refractivity contribution is -1.02. The first-order valence-electron chi connectivity index (χ1n) is 10.2. The van der Waals surface area contributed by atoms with Crippen molar-refractivity contribution in [1.29, 1.82) is 0 Å². The van der Waals surface area contributed by atoms with Crippen LogP contribution in [0.25, 0.3) is 0 Å². The van der Waals surface area contributed by atoms with Crippen molar-refractivity contribution >= 4 is 5.91 Å². The quantitative estimate of drug-likeness (QED) is 0.427. The molecule has 1 aromatic rings. The number of quaternary nitrogens is 2. The fraction of sp³-hybridized carbons (Fsp3) is 0.667. The predicted octanol–water partition coefficient (Wildman–Crippen LogP) is -0.740. The number of carbonyl (C=O) groups excluding carboxylic acids is 1. The van der Waals surface area contributed by atoms with Crippen LogP contribution in [0, 0.1) is 6.92 Å². The highest BCUT2D eigenvalue weighted by molar-refractivity contribution is 5.76. The molecule has 0 bridgehead atoms. The van der Waals surface area contributed by atoms with Gasteiger partial charge in [-0.25, -0.2) is 0 Å². The average molecular weight is 380 g/mol. The van der Waals surface area contributed by atoms with Gasteiger partial charge in [0.05, 0.1) is 0 Å². The van der Waals surface area contributed by atoms with E-state index in [9.17, 15) is 9.90 Å². The van der Waals surface area contributed by atoms with Gasteiger partial charge < -0.3 is 25.0 Å². The predicted molar refractivity (Wildman–Crippen MR) is 106 cm³/mol. The van der Waals surface area contributed by atoms with Crippen LogP contribution >= 0.6 is 0 Å². The maximum atomic E-state index is 12.0. The molecule has 4 N–H and O–H groups in total. The summed E-state index contributed by atoms with van der Waals surface area (Å²) in [5.41, 5.74) is 3.52. The first-order chi connectivity index (χ1) is 12.9. The van der Waals surface area contributed by atoms with Gasteiger partial charge in [0.2, 0.25) is 0 Å². The number of aromatic hydroxyl groups is 1. The fourth-order valence-electron chi connectivity index (χ4n) is 3.83. The molecule has 1 saturated heterocycles. The topological polar surface area (TPSA) is 67.4 Å². The zero-order chi connectivity index (χ0) is 19.8. The lowest BCUT2D eigenvalue weighted by Gasteiger charge is -2.29. The number of phenolic OH excluding ortho intramolecular Hbond substituents is 1. The van der Waals surface area contributed by atoms with Crippen LogP contribution in [0.5, 0.6) is 5.75 Å². The van der Waals surface area contributed by atoms with Crippen LogP contribution in [0.1, 0.15) is 42.9 Å². The lowest BCUT2D eigenvalue weighted by Crippen LogP contribution is -3.28. The second-order valence-corrected chi connectivity index (χ2v) is 8.04. The number of hydrogen-bond acceptors (Lipinski definition) is 3. The van der Waals surface area contributed by atoms with Crippen LogP contribution in [0.3, 0.4) is 0 Å². The van der Waals surface area contributed by atoms with Crippen LogP contribution in [-0.4, -0.2) is 64.0 Å². The smallest absolute Gasteiger partial charge is 0.275 e. The van der Waals surface area contributed by atoms with E-state index in [1.54, 1.807) is 7.11 Å². The van der Waals surface area contributed by atoms with Gasteiger partial charge in [0.1, 0.15) is 38.5 Å². The molecule has 0 saturated carbocycles. The first-order valence-corrected chi connectivity index (χ1v) is 10.2. The summed E-state index contributed by atoms with van der Waals surface area (Å²) in [7, 11) is 1.67. The van der Waals surface area contributed by atoms with Crippen molar-refractivity contribution in [2.24, 2.45) is 0 Å². The van der Waals surface area contributed by atoms with E-state index in [0.717, 1.165) is 50.3 Å². The van der Waals surface area contributed by atoms with Gasteiger partial charge in [-0.05, 0) is 42.5 Å². The molecule has 6 heteroatoms. The van der Waals surface area contributed by atoms with Crippen LogP contribution in [0.4, 0.5) is 0 Å². The number of amides is 1. The number of methoxy groups -OCH3 is 1. The molecule has 0 unspecified atom stereocenters. The Morgan fingerprint density at radius 2 is 1.89 bits per heavy atom. The number of phenols is 1. The van der Waals surface area contributed by atoms with Crippen LogP contribution < -0.4 is 15.1 Å². The Balaban J connectivity index is 1.79. The number of benzene rings is 1. The normalized spacial score (nSPS) is 20.0. The number of piperazine rings is 1. The van der Waals surface area contributed by atoms with Crippen molar-refractivity contribution in [1.82, 2.24) is 5.32 Å². The number of hydrogen-bond donors (Lipinski definition) is 4. The van der Waals surface area contributed by atoms with E-state index in [1.165, 1.54) is 15.4 Å². The molecule has 27 heavy (non-hydrogen) atoms. The highest BCUT2D eigenvalue weighted by Gasteiger charge is 2.25. The molecule has 0 aliphatic carbocycles. The van der Waals surface area contributed by atoms with Gasteiger partial charge in [-0.3, -0.25) is 4.79 Å². The van der Waals surface area contributed by atoms with Gasteiger partial charge in [-0.15, -0.1) is 0 Å². The molecular weight excluding hydrogens is 342 g/mol. The van der Waals surface area contributed by atoms with E-state index in [0.29, 0.717) is 31.4 Å². The lowest BCUT2D eigenvalue weighted by atomic mass is 9.95. The molecule has 1 heterocycles. The number of aryl methyl sites for hydroxylation is 1. The molecule has 1 aromatic carbocycles. The van der Waals surface area contributed by atoms with E-state index in [4.69, 9.17) is 4.74 Å². The van der Waals surface area contributed by atoms with Crippen molar-refractivity contribution in [2.45, 2.75) is 39.7 Å². The van der Waals surface area contributed by atoms with Gasteiger partial charge in [0.15, 0.2) is 6.54 Å². The van der Waals surface area contributed by atoms with Crippen molar-refractivity contribution < 1.29 is 24.4 Å². The molecule has 0 spiro atoms. The zero-order valence-corrected chi connectivity index (χ0v) is 17.4. The van der Waals surface area contributed by atoms with E-state index < -0.39 is 0 Å². The summed E-state index contributed by atoms with van der Waals surface area (Å²) < 4.78 is 4.99. The molecule has 2 rings (SSSR count). The number of ether oxygens (including phenoxy) is 1. The Morgan fingerprint density at radius 1 is 1.22 bits per heavy atom. The molecule has 152 valence electrons. The molecule has 1 amide bonds. The number of nitrogens with one attached hydrogen (secondary N) is 3. The van der Waals surface area contributed by atoms with Crippen molar-refractivity contribution in [3.63, 3.8) is 0 Å². The third-order valence-electron chi connectivity index (χ3n) is 5.45. The summed E-state index contributed by atoms with van der Waals surface area (Å²) in [6.07, 6.45) is 0.855. The van der Waals surface area contributed by atoms with E-state index >= 15 is 0 Å². The number of carbonyl (C=O) groups is 1. The Kier molecular flexibility index (Phi) is 8.54. The summed E-state index contributed by atoms with van der Waals surface area (Å²) in [6, 6.07) is 4.08. The van der Waals surface area contributed by atoms with E-state index in [1.807, 2.05) is 6.07 Å². The molecule has 1 fully saturated rings. The molecule has 0 atom stereocenters. The van der Waals surface area contributed by atoms with Crippen molar-refractivity contribution in [3.05, 3.63) is 28.8 Å². The van der Waals surface area contributed by atoms with Crippen molar-refractivity contribution in [3.8, 4) is 5.75 Å². The van der Waals surface area contributed by atoms with Gasteiger partial charge in [0, 0.05) is 25.8 Å². The third-order valence-corrected chi connectivity index (χ3v) is 5.45. The highest BCUT2D eigenvalue weighted by Crippen LogP contribution is 2.26. The third kappa shape index (κ3) is 6.79. The summed E-state index contributed by atoms with van der Waals surface area (Å²) >= 11 is 0. The summed E-state index contributed by atoms with van der Waals surface area (Å²) in [6.45, 7) is 13.2. The maximum Gasteiger partial charge on any atom is 0.275 e. The first kappa shape index (κ1) is 21.7. The summed E-state index contributed by atoms with van der Waals surface area (Å²) in [4.78, 5) is 14.8. The Bertz CT molecular complexity index is 611. The minimum Gasteiger partial charge on any atom is -0.507 e. The SMILES string of the molecule is COCCCNC(=O)C[NH+]1CC[NH+](Cc2cc(C(C)C)c(C)cc2O)CC1. The second kappa shape index (κ2) is 10.6. The molecule has 1 aliphatic heterocycles. The van der Waals surface area contributed by atoms with Crippen LogP contribution in [0.2, 0.25) is 0 Å². The van der Waals surface area contributed by atoms with Crippen LogP contribution in [-0.2, 0) is 16.1 Å². The monoisotopic (exact) mass is 379 g/mol. The van der Waals surface area contributed by atoms with E-state index in [2.05, 4.69) is 32.2 Å². The van der Waals surface area contributed by atoms with Gasteiger partial charge >= 0.3 is 0 Å². The maximum absolute atomic E-state index is 12.0. The standard InChI is InChI=1S/C21H35N3O3/c1-16(2)19-13-18(20(25)12-17(19)3)14-23-7-9-24(10-8-23)15-21(26)22-6-5-11-27-4/h12-13,16,25H,5-11,14-15H2,1-4H3,(H,22,26)/p+2. The van der Waals surface area contributed by atoms with E-state index in [-0.39, 0.29) is 5.91 Å². The molecule has 1 aliphatic rings. The van der Waals surface area contributed by atoms with Gasteiger partial charge in [-0.2, -0.15) is 0 Å². The minimum absolute atomic E-state index is 0.127. The largest absolute Gasteiger partial charge is 0.507 e. The fourth-order valence-corrected chi connectivity index (χ4v) is 3.83. The molecule has 0 aromatic heterocycles. The minimum atomic E-state index is 0.127. The van der Waals surface area contributed by atoms with Gasteiger partial charge in [-0.1, -0.05) is 13.8 Å². The summed E-state index contributed by atoms with van der Waals surface area (Å²) in [5, 5.41) is 13.3.